The van der Waals surface area contributed by atoms with Gasteiger partial charge in [-0.25, -0.2) is 4.98 Å². The van der Waals surface area contributed by atoms with Crippen molar-refractivity contribution in [2.24, 2.45) is 0 Å². The molecule has 0 bridgehead atoms. The average Bonchev–Trinajstić information content (AvgIpc) is 2.70. The molecule has 0 aliphatic carbocycles. The van der Waals surface area contributed by atoms with Crippen LogP contribution >= 0.6 is 0 Å². The smallest absolute Gasteiger partial charge is 0.274 e. The summed E-state index contributed by atoms with van der Waals surface area (Å²) >= 11 is 0. The van der Waals surface area contributed by atoms with Gasteiger partial charge in [-0.2, -0.15) is 4.52 Å². The van der Waals surface area contributed by atoms with Crippen LogP contribution in [0.1, 0.15) is 43.1 Å². The fraction of sp³-hybridized carbons (Fsp3) is 0.538. The molecule has 4 nitrogen and oxygen atoms in total. The lowest BCUT2D eigenvalue weighted by Gasteiger charge is -1.98. The largest absolute Gasteiger partial charge is 0.276 e. The molecular formula is C13H19N3O. The highest BCUT2D eigenvalue weighted by Crippen LogP contribution is 2.07. The van der Waals surface area contributed by atoms with Gasteiger partial charge >= 0.3 is 0 Å². The van der Waals surface area contributed by atoms with Crippen molar-refractivity contribution in [2.45, 2.75) is 46.5 Å². The number of unbranched alkanes of at least 4 members (excludes halogenated alkanes) is 2. The highest BCUT2D eigenvalue weighted by atomic mass is 16.1. The minimum absolute atomic E-state index is 0.00856. The maximum Gasteiger partial charge on any atom is 0.274 e. The molecule has 0 aromatic carbocycles. The first kappa shape index (κ1) is 11.9. The number of H-pyrrole nitrogens is 1. The second-order valence-electron chi connectivity index (χ2n) is 4.58. The van der Waals surface area contributed by atoms with E-state index in [1.807, 2.05) is 19.9 Å². The van der Waals surface area contributed by atoms with Crippen LogP contribution in [-0.2, 0) is 6.42 Å². The van der Waals surface area contributed by atoms with Crippen LogP contribution in [0.3, 0.4) is 0 Å². The molecule has 92 valence electrons. The van der Waals surface area contributed by atoms with Gasteiger partial charge in [0.05, 0.1) is 0 Å². The van der Waals surface area contributed by atoms with E-state index in [-0.39, 0.29) is 5.56 Å². The summed E-state index contributed by atoms with van der Waals surface area (Å²) in [5, 5.41) is 3.08. The summed E-state index contributed by atoms with van der Waals surface area (Å²) in [5.74, 6) is 0.903. The minimum atomic E-state index is 0.00856. The molecule has 0 aliphatic heterocycles. The number of nitrogens with one attached hydrogen (secondary N) is 1. The molecule has 17 heavy (non-hydrogen) atoms. The summed E-state index contributed by atoms with van der Waals surface area (Å²) in [6.45, 7) is 5.97. The van der Waals surface area contributed by atoms with E-state index in [0.717, 1.165) is 35.4 Å². The Labute approximate surface area is 101 Å². The van der Waals surface area contributed by atoms with Crippen LogP contribution in [0.4, 0.5) is 0 Å². The third-order valence-electron chi connectivity index (χ3n) is 3.20. The maximum absolute atomic E-state index is 12.0. The molecule has 0 amide bonds. The molecule has 2 aromatic heterocycles. The summed E-state index contributed by atoms with van der Waals surface area (Å²) < 4.78 is 1.55. The van der Waals surface area contributed by atoms with E-state index >= 15 is 0 Å². The Kier molecular flexibility index (Phi) is 3.31. The Morgan fingerprint density at radius 3 is 2.82 bits per heavy atom. The first-order valence-electron chi connectivity index (χ1n) is 6.21. The van der Waals surface area contributed by atoms with Crippen LogP contribution in [-0.4, -0.2) is 14.6 Å². The van der Waals surface area contributed by atoms with Crippen LogP contribution < -0.4 is 5.56 Å². The van der Waals surface area contributed by atoms with Gasteiger partial charge in [-0.05, 0) is 31.9 Å². The number of aromatic amines is 1. The fourth-order valence-electron chi connectivity index (χ4n) is 1.94. The second-order valence-corrected chi connectivity index (χ2v) is 4.58. The van der Waals surface area contributed by atoms with E-state index in [2.05, 4.69) is 17.0 Å². The van der Waals surface area contributed by atoms with Crippen molar-refractivity contribution in [3.63, 3.8) is 0 Å². The van der Waals surface area contributed by atoms with Gasteiger partial charge in [0, 0.05) is 12.0 Å². The lowest BCUT2D eigenvalue weighted by atomic mass is 10.2. The van der Waals surface area contributed by atoms with Crippen LogP contribution in [0.25, 0.3) is 5.65 Å². The summed E-state index contributed by atoms with van der Waals surface area (Å²) in [4.78, 5) is 16.4. The van der Waals surface area contributed by atoms with Crippen molar-refractivity contribution >= 4 is 5.65 Å². The van der Waals surface area contributed by atoms with E-state index in [1.54, 1.807) is 4.52 Å². The van der Waals surface area contributed by atoms with Crippen molar-refractivity contribution in [3.05, 3.63) is 33.4 Å². The van der Waals surface area contributed by atoms with Crippen LogP contribution in [0, 0.1) is 13.8 Å². The normalized spacial score (nSPS) is 11.2. The zero-order valence-corrected chi connectivity index (χ0v) is 10.7. The quantitative estimate of drug-likeness (QED) is 0.824. The molecule has 1 N–H and O–H groups in total. The molecule has 0 radical (unpaired) electrons. The molecule has 0 saturated heterocycles. The number of hydrogen-bond acceptors (Lipinski definition) is 2. The van der Waals surface area contributed by atoms with Crippen molar-refractivity contribution in [1.82, 2.24) is 14.6 Å². The lowest BCUT2D eigenvalue weighted by Crippen LogP contribution is -2.17. The van der Waals surface area contributed by atoms with Gasteiger partial charge in [-0.15, -0.1) is 0 Å². The van der Waals surface area contributed by atoms with Crippen molar-refractivity contribution in [3.8, 4) is 0 Å². The predicted octanol–water partition coefficient (Wildman–Crippen LogP) is 2.37. The summed E-state index contributed by atoms with van der Waals surface area (Å²) in [6, 6.07) is 1.95. The number of aryl methyl sites for hydroxylation is 2. The third-order valence-corrected chi connectivity index (χ3v) is 3.20. The number of aromatic nitrogens is 3. The van der Waals surface area contributed by atoms with Crippen LogP contribution in [0.2, 0.25) is 0 Å². The van der Waals surface area contributed by atoms with Crippen molar-refractivity contribution in [1.29, 1.82) is 0 Å². The highest BCUT2D eigenvalue weighted by molar-refractivity contribution is 5.43. The molecule has 0 unspecified atom stereocenters. The molecule has 0 fully saturated rings. The van der Waals surface area contributed by atoms with Gasteiger partial charge in [0.15, 0.2) is 5.65 Å². The third kappa shape index (κ3) is 2.25. The van der Waals surface area contributed by atoms with Crippen LogP contribution in [0.5, 0.6) is 0 Å². The monoisotopic (exact) mass is 233 g/mol. The molecule has 4 heteroatoms. The Bertz CT molecular complexity index is 580. The Morgan fingerprint density at radius 2 is 2.12 bits per heavy atom. The summed E-state index contributed by atoms with van der Waals surface area (Å²) in [7, 11) is 0. The van der Waals surface area contributed by atoms with Gasteiger partial charge in [0.25, 0.3) is 5.56 Å². The standard InChI is InChI=1S/C13H19N3O/c1-4-5-6-7-11-14-12-8-9(2)10(3)13(17)16(12)15-11/h8H,4-7H2,1-3H3,(H,14,15). The number of fused-ring (bicyclic) bond motifs is 1. The first-order valence-corrected chi connectivity index (χ1v) is 6.21. The Hall–Kier alpha value is -1.58. The number of rotatable bonds is 4. The molecule has 0 atom stereocenters. The number of nitrogens with zero attached hydrogens (tertiary/aromatic N) is 2. The minimum Gasteiger partial charge on any atom is -0.276 e. The molecule has 2 aromatic rings. The molecule has 0 spiro atoms. The van der Waals surface area contributed by atoms with Crippen molar-refractivity contribution in [2.75, 3.05) is 0 Å². The van der Waals surface area contributed by atoms with Gasteiger partial charge < -0.3 is 0 Å². The molecule has 0 saturated carbocycles. The van der Waals surface area contributed by atoms with E-state index in [0.29, 0.717) is 0 Å². The lowest BCUT2D eigenvalue weighted by molar-refractivity contribution is 0.690. The average molecular weight is 233 g/mol. The first-order chi connectivity index (χ1) is 8.13. The second kappa shape index (κ2) is 4.73. The SMILES string of the molecule is CCCCCc1nc2cc(C)c(C)c(=O)n2[nH]1. The van der Waals surface area contributed by atoms with Gasteiger partial charge in [0.2, 0.25) is 0 Å². The Balaban J connectivity index is 2.37. The molecule has 2 heterocycles. The topological polar surface area (TPSA) is 50.2 Å². The molecule has 0 aliphatic rings. The zero-order valence-electron chi connectivity index (χ0n) is 10.7. The van der Waals surface area contributed by atoms with E-state index < -0.39 is 0 Å². The molecular weight excluding hydrogens is 214 g/mol. The van der Waals surface area contributed by atoms with Gasteiger partial charge in [-0.1, -0.05) is 19.8 Å². The van der Waals surface area contributed by atoms with E-state index in [4.69, 9.17) is 0 Å². The fourth-order valence-corrected chi connectivity index (χ4v) is 1.94. The van der Waals surface area contributed by atoms with Crippen molar-refractivity contribution < 1.29 is 0 Å². The maximum atomic E-state index is 12.0. The molecule has 2 rings (SSSR count). The number of pyridine rings is 1. The van der Waals surface area contributed by atoms with E-state index in [9.17, 15) is 4.79 Å². The predicted molar refractivity (Wildman–Crippen MR) is 68.5 cm³/mol. The van der Waals surface area contributed by atoms with Gasteiger partial charge in [-0.3, -0.25) is 9.89 Å². The van der Waals surface area contributed by atoms with E-state index in [1.165, 1.54) is 12.8 Å². The Morgan fingerprint density at radius 1 is 1.35 bits per heavy atom. The summed E-state index contributed by atoms with van der Waals surface area (Å²) in [5.41, 5.74) is 2.52. The number of hydrogen-bond donors (Lipinski definition) is 1. The summed E-state index contributed by atoms with van der Waals surface area (Å²) in [6.07, 6.45) is 4.42. The highest BCUT2D eigenvalue weighted by Gasteiger charge is 2.08. The van der Waals surface area contributed by atoms with Gasteiger partial charge in [0.1, 0.15) is 5.82 Å². The van der Waals surface area contributed by atoms with Crippen LogP contribution in [0.15, 0.2) is 10.9 Å². The zero-order chi connectivity index (χ0) is 12.4.